The highest BCUT2D eigenvalue weighted by molar-refractivity contribution is 7.89. The number of benzene rings is 1. The van der Waals surface area contributed by atoms with E-state index in [0.29, 0.717) is 6.42 Å². The molecule has 0 fully saturated rings. The molecule has 0 radical (unpaired) electrons. The van der Waals surface area contributed by atoms with Gasteiger partial charge in [0.2, 0.25) is 10.0 Å². The molecule has 0 aliphatic rings. The summed E-state index contributed by atoms with van der Waals surface area (Å²) in [6.45, 7) is 3.39. The van der Waals surface area contributed by atoms with Gasteiger partial charge in [-0.25, -0.2) is 21.9 Å². The second-order valence-corrected chi connectivity index (χ2v) is 5.13. The second kappa shape index (κ2) is 4.88. The number of rotatable bonds is 4. The Bertz CT molecular complexity index is 453. The van der Waals surface area contributed by atoms with Gasteiger partial charge in [-0.15, -0.1) is 0 Å². The molecule has 0 bridgehead atoms. The highest BCUT2D eigenvalue weighted by atomic mass is 32.2. The van der Waals surface area contributed by atoms with Crippen LogP contribution < -0.4 is 4.72 Å². The van der Waals surface area contributed by atoms with Crippen molar-refractivity contribution in [3.8, 4) is 0 Å². The van der Waals surface area contributed by atoms with E-state index in [1.807, 2.05) is 0 Å². The second-order valence-electron chi connectivity index (χ2n) is 3.48. The summed E-state index contributed by atoms with van der Waals surface area (Å²) in [6, 6.07) is 2.57. The van der Waals surface area contributed by atoms with Crippen LogP contribution in [0.3, 0.4) is 0 Å². The summed E-state index contributed by atoms with van der Waals surface area (Å²) in [5.41, 5.74) is 0. The first-order chi connectivity index (χ1) is 7.38. The van der Waals surface area contributed by atoms with Crippen molar-refractivity contribution < 1.29 is 17.2 Å². The molecule has 0 aliphatic heterocycles. The SMILES string of the molecule is CC[C@H](C)NS(=O)(=O)c1c(F)cccc1F. The van der Waals surface area contributed by atoms with Gasteiger partial charge in [0.05, 0.1) is 0 Å². The lowest BCUT2D eigenvalue weighted by molar-refractivity contribution is 0.506. The van der Waals surface area contributed by atoms with Gasteiger partial charge in [-0.05, 0) is 25.5 Å². The van der Waals surface area contributed by atoms with Crippen LogP contribution in [-0.4, -0.2) is 14.5 Å². The first-order valence-electron chi connectivity index (χ1n) is 4.84. The predicted octanol–water partition coefficient (Wildman–Crippen LogP) is 2.04. The zero-order chi connectivity index (χ0) is 12.3. The summed E-state index contributed by atoms with van der Waals surface area (Å²) >= 11 is 0. The molecular formula is C10H13F2NO2S. The van der Waals surface area contributed by atoms with Crippen LogP contribution in [0.4, 0.5) is 8.78 Å². The molecule has 0 unspecified atom stereocenters. The monoisotopic (exact) mass is 249 g/mol. The smallest absolute Gasteiger partial charge is 0.208 e. The molecule has 1 aromatic carbocycles. The highest BCUT2D eigenvalue weighted by Gasteiger charge is 2.24. The van der Waals surface area contributed by atoms with Crippen LogP contribution >= 0.6 is 0 Å². The van der Waals surface area contributed by atoms with Gasteiger partial charge in [0.15, 0.2) is 4.90 Å². The van der Waals surface area contributed by atoms with Crippen molar-refractivity contribution in [2.45, 2.75) is 31.2 Å². The van der Waals surface area contributed by atoms with Gasteiger partial charge in [-0.3, -0.25) is 0 Å². The first-order valence-corrected chi connectivity index (χ1v) is 6.33. The van der Waals surface area contributed by atoms with Crippen LogP contribution in [0.5, 0.6) is 0 Å². The van der Waals surface area contributed by atoms with Crippen LogP contribution in [-0.2, 0) is 10.0 Å². The Kier molecular flexibility index (Phi) is 3.98. The molecule has 0 spiro atoms. The van der Waals surface area contributed by atoms with E-state index in [1.54, 1.807) is 13.8 Å². The molecule has 6 heteroatoms. The fourth-order valence-electron chi connectivity index (χ4n) is 1.15. The lowest BCUT2D eigenvalue weighted by Crippen LogP contribution is -2.33. The number of halogens is 2. The molecule has 1 rings (SSSR count). The van der Waals surface area contributed by atoms with Gasteiger partial charge in [-0.2, -0.15) is 0 Å². The molecule has 0 amide bonds. The molecule has 1 atom stereocenters. The average molecular weight is 249 g/mol. The van der Waals surface area contributed by atoms with Gasteiger partial charge < -0.3 is 0 Å². The quantitative estimate of drug-likeness (QED) is 0.887. The Labute approximate surface area is 93.5 Å². The van der Waals surface area contributed by atoms with Crippen molar-refractivity contribution in [2.24, 2.45) is 0 Å². The minimum absolute atomic E-state index is 0.371. The molecule has 3 nitrogen and oxygen atoms in total. The summed E-state index contributed by atoms with van der Waals surface area (Å²) in [5, 5.41) is 0. The number of hydrogen-bond acceptors (Lipinski definition) is 2. The summed E-state index contributed by atoms with van der Waals surface area (Å²) in [4.78, 5) is -0.921. The zero-order valence-corrected chi connectivity index (χ0v) is 9.81. The first kappa shape index (κ1) is 13.1. The van der Waals surface area contributed by atoms with Crippen molar-refractivity contribution in [3.05, 3.63) is 29.8 Å². The Morgan fingerprint density at radius 2 is 1.81 bits per heavy atom. The van der Waals surface area contributed by atoms with E-state index >= 15 is 0 Å². The van der Waals surface area contributed by atoms with Crippen LogP contribution in [0.25, 0.3) is 0 Å². The van der Waals surface area contributed by atoms with Crippen LogP contribution in [0.15, 0.2) is 23.1 Å². The lowest BCUT2D eigenvalue weighted by atomic mass is 10.3. The largest absolute Gasteiger partial charge is 0.246 e. The van der Waals surface area contributed by atoms with Gasteiger partial charge in [-0.1, -0.05) is 13.0 Å². The maximum Gasteiger partial charge on any atom is 0.246 e. The average Bonchev–Trinajstić information content (AvgIpc) is 2.16. The van der Waals surface area contributed by atoms with Crippen molar-refractivity contribution in [3.63, 3.8) is 0 Å². The van der Waals surface area contributed by atoms with E-state index in [9.17, 15) is 17.2 Å². The van der Waals surface area contributed by atoms with Crippen LogP contribution in [0.1, 0.15) is 20.3 Å². The minimum Gasteiger partial charge on any atom is -0.208 e. The summed E-state index contributed by atoms with van der Waals surface area (Å²) < 4.78 is 52.0. The summed E-state index contributed by atoms with van der Waals surface area (Å²) in [5.74, 6) is -2.17. The molecule has 0 heterocycles. The highest BCUT2D eigenvalue weighted by Crippen LogP contribution is 2.18. The number of nitrogens with one attached hydrogen (secondary N) is 1. The van der Waals surface area contributed by atoms with Gasteiger partial charge in [0.25, 0.3) is 0 Å². The fourth-order valence-corrected chi connectivity index (χ4v) is 2.61. The molecule has 0 saturated carbocycles. The third-order valence-corrected chi connectivity index (χ3v) is 3.80. The van der Waals surface area contributed by atoms with Crippen molar-refractivity contribution in [1.82, 2.24) is 4.72 Å². The Morgan fingerprint density at radius 3 is 2.25 bits per heavy atom. The summed E-state index contributed by atoms with van der Waals surface area (Å²) in [6.07, 6.45) is 0.537. The van der Waals surface area contributed by atoms with Crippen molar-refractivity contribution in [2.75, 3.05) is 0 Å². The Morgan fingerprint density at radius 1 is 1.31 bits per heavy atom. The molecule has 0 saturated heterocycles. The third-order valence-electron chi connectivity index (χ3n) is 2.16. The fraction of sp³-hybridized carbons (Fsp3) is 0.400. The normalized spacial score (nSPS) is 13.8. The molecule has 0 aliphatic carbocycles. The van der Waals surface area contributed by atoms with Crippen LogP contribution in [0, 0.1) is 11.6 Å². The number of sulfonamides is 1. The maximum absolute atomic E-state index is 13.2. The Hall–Kier alpha value is -1.01. The summed E-state index contributed by atoms with van der Waals surface area (Å²) in [7, 11) is -4.13. The van der Waals surface area contributed by atoms with Crippen LogP contribution in [0.2, 0.25) is 0 Å². The minimum atomic E-state index is -4.13. The molecule has 0 aromatic heterocycles. The number of hydrogen-bond donors (Lipinski definition) is 1. The Balaban J connectivity index is 3.17. The molecule has 1 N–H and O–H groups in total. The zero-order valence-electron chi connectivity index (χ0n) is 9.00. The third kappa shape index (κ3) is 2.76. The maximum atomic E-state index is 13.2. The molecular weight excluding hydrogens is 236 g/mol. The van der Waals surface area contributed by atoms with E-state index in [2.05, 4.69) is 4.72 Å². The van der Waals surface area contributed by atoms with Gasteiger partial charge in [0, 0.05) is 6.04 Å². The van der Waals surface area contributed by atoms with E-state index in [4.69, 9.17) is 0 Å². The topological polar surface area (TPSA) is 46.2 Å². The van der Waals surface area contributed by atoms with Gasteiger partial charge in [0.1, 0.15) is 11.6 Å². The molecule has 16 heavy (non-hydrogen) atoms. The lowest BCUT2D eigenvalue weighted by Gasteiger charge is -2.12. The van der Waals surface area contributed by atoms with E-state index in [1.165, 1.54) is 0 Å². The standard InChI is InChI=1S/C10H13F2NO2S/c1-3-7(2)13-16(14,15)10-8(11)5-4-6-9(10)12/h4-7,13H,3H2,1-2H3/t7-/m0/s1. The van der Waals surface area contributed by atoms with Crippen molar-refractivity contribution >= 4 is 10.0 Å². The molecule has 1 aromatic rings. The van der Waals surface area contributed by atoms with E-state index in [0.717, 1.165) is 18.2 Å². The van der Waals surface area contributed by atoms with E-state index in [-0.39, 0.29) is 6.04 Å². The van der Waals surface area contributed by atoms with E-state index < -0.39 is 26.6 Å². The van der Waals surface area contributed by atoms with Crippen molar-refractivity contribution in [1.29, 1.82) is 0 Å². The predicted molar refractivity (Wildman–Crippen MR) is 56.4 cm³/mol. The molecule has 90 valence electrons. The van der Waals surface area contributed by atoms with Gasteiger partial charge >= 0.3 is 0 Å².